The van der Waals surface area contributed by atoms with Crippen molar-refractivity contribution in [2.45, 2.75) is 6.54 Å². The third-order valence-corrected chi connectivity index (χ3v) is 3.53. The lowest BCUT2D eigenvalue weighted by molar-refractivity contribution is 0.454. The molecule has 1 aromatic carbocycles. The Morgan fingerprint density at radius 1 is 1.43 bits per heavy atom. The van der Waals surface area contributed by atoms with Crippen molar-refractivity contribution in [3.63, 3.8) is 0 Å². The fourth-order valence-corrected chi connectivity index (χ4v) is 2.42. The van der Waals surface area contributed by atoms with Crippen LogP contribution < -0.4 is 5.69 Å². The summed E-state index contributed by atoms with van der Waals surface area (Å²) in [6, 6.07) is 4.72. The van der Waals surface area contributed by atoms with E-state index in [0.29, 0.717) is 21.6 Å². The second kappa shape index (κ2) is 5.38. The van der Waals surface area contributed by atoms with Gasteiger partial charge in [0.2, 0.25) is 5.88 Å². The first kappa shape index (κ1) is 13.9. The Bertz CT molecular complexity index is 879. The van der Waals surface area contributed by atoms with Crippen LogP contribution in [-0.4, -0.2) is 23.6 Å². The van der Waals surface area contributed by atoms with Crippen LogP contribution in [0.2, 0.25) is 5.02 Å². The molecular weight excluding hydrogens is 319 g/mol. The van der Waals surface area contributed by atoms with Crippen molar-refractivity contribution in [3.05, 3.63) is 51.9 Å². The molecule has 3 aromatic rings. The molecule has 108 valence electrons. The second-order valence-corrected chi connectivity index (χ2v) is 5.26. The van der Waals surface area contributed by atoms with Gasteiger partial charge in [-0.05, 0) is 18.2 Å². The summed E-state index contributed by atoms with van der Waals surface area (Å²) in [5.41, 5.74) is 0.281. The van der Waals surface area contributed by atoms with E-state index in [9.17, 15) is 13.8 Å². The molecule has 6 nitrogen and oxygen atoms in total. The third-order valence-electron chi connectivity index (χ3n) is 2.94. The lowest BCUT2D eigenvalue weighted by Gasteiger charge is -2.09. The van der Waals surface area contributed by atoms with Gasteiger partial charge in [0, 0.05) is 11.2 Å². The van der Waals surface area contributed by atoms with Crippen molar-refractivity contribution in [1.29, 1.82) is 0 Å². The number of benzene rings is 1. The molecule has 1 N–H and O–H groups in total. The summed E-state index contributed by atoms with van der Waals surface area (Å²) < 4.78 is 14.9. The predicted octanol–water partition coefficient (Wildman–Crippen LogP) is 2.38. The van der Waals surface area contributed by atoms with Crippen LogP contribution in [0.15, 0.2) is 35.5 Å². The summed E-state index contributed by atoms with van der Waals surface area (Å²) in [7, 11) is 0. The molecule has 2 aromatic heterocycles. The number of fused-ring (bicyclic) bond motifs is 1. The molecule has 0 radical (unpaired) electrons. The van der Waals surface area contributed by atoms with Gasteiger partial charge in [-0.2, -0.15) is 4.98 Å². The van der Waals surface area contributed by atoms with Crippen molar-refractivity contribution in [3.8, 4) is 5.88 Å². The molecule has 0 spiro atoms. The Labute approximate surface area is 127 Å². The van der Waals surface area contributed by atoms with E-state index in [1.807, 2.05) is 0 Å². The van der Waals surface area contributed by atoms with Gasteiger partial charge in [-0.1, -0.05) is 11.6 Å². The number of hydrogen-bond donors (Lipinski definition) is 1. The highest BCUT2D eigenvalue weighted by atomic mass is 35.5. The number of aromatic nitrogens is 4. The minimum atomic E-state index is -0.635. The Balaban J connectivity index is 2.16. The second-order valence-electron chi connectivity index (χ2n) is 4.26. The molecule has 0 saturated carbocycles. The van der Waals surface area contributed by atoms with E-state index in [0.717, 1.165) is 0 Å². The van der Waals surface area contributed by atoms with Gasteiger partial charge < -0.3 is 5.11 Å². The third kappa shape index (κ3) is 2.59. The molecule has 9 heteroatoms. The van der Waals surface area contributed by atoms with Crippen molar-refractivity contribution >= 4 is 34.8 Å². The largest absolute Gasteiger partial charge is 0.493 e. The highest BCUT2D eigenvalue weighted by molar-refractivity contribution is 7.92. The van der Waals surface area contributed by atoms with Gasteiger partial charge in [-0.3, -0.25) is 8.54 Å². The van der Waals surface area contributed by atoms with Gasteiger partial charge in [-0.25, -0.2) is 9.78 Å². The number of rotatable bonds is 3. The fourth-order valence-electron chi connectivity index (χ4n) is 2.01. The molecule has 0 bridgehead atoms. The highest BCUT2D eigenvalue weighted by Crippen LogP contribution is 2.24. The first-order valence-corrected chi connectivity index (χ1v) is 6.84. The molecular formula is C12H8ClFN4O2S. The number of aromatic hydroxyl groups is 1. The molecule has 21 heavy (non-hydrogen) atoms. The van der Waals surface area contributed by atoms with Gasteiger partial charge in [0.25, 0.3) is 0 Å². The molecule has 3 rings (SSSR count). The van der Waals surface area contributed by atoms with E-state index in [1.54, 1.807) is 18.2 Å². The van der Waals surface area contributed by atoms with Crippen molar-refractivity contribution in [1.82, 2.24) is 18.5 Å². The van der Waals surface area contributed by atoms with Crippen molar-refractivity contribution in [2.24, 2.45) is 0 Å². The maximum absolute atomic E-state index is 12.4. The quantitative estimate of drug-likeness (QED) is 0.800. The van der Waals surface area contributed by atoms with Crippen LogP contribution in [0.1, 0.15) is 5.69 Å². The zero-order valence-corrected chi connectivity index (χ0v) is 12.0. The lowest BCUT2D eigenvalue weighted by Crippen LogP contribution is -2.23. The Morgan fingerprint density at radius 2 is 2.24 bits per heavy atom. The van der Waals surface area contributed by atoms with E-state index in [2.05, 4.69) is 9.97 Å². The van der Waals surface area contributed by atoms with E-state index >= 15 is 0 Å². The van der Waals surface area contributed by atoms with Crippen LogP contribution in [0, 0.1) is 0 Å². The SMILES string of the molecule is O=c1nc(O)c2ccc(Cl)cc2n1Cc1cn(SF)cn1. The maximum Gasteiger partial charge on any atom is 0.351 e. The van der Waals surface area contributed by atoms with Gasteiger partial charge in [0.15, 0.2) is 12.3 Å². The number of nitrogens with zero attached hydrogens (tertiary/aromatic N) is 4. The first-order chi connectivity index (χ1) is 10.1. The lowest BCUT2D eigenvalue weighted by atomic mass is 10.2. The van der Waals surface area contributed by atoms with Crippen LogP contribution >= 0.6 is 23.9 Å². The monoisotopic (exact) mass is 326 g/mol. The van der Waals surface area contributed by atoms with Crippen LogP contribution in [-0.2, 0) is 6.54 Å². The number of imidazole rings is 1. The summed E-state index contributed by atoms with van der Waals surface area (Å²) in [6.45, 7) is 0.0938. The van der Waals surface area contributed by atoms with Crippen LogP contribution in [0.3, 0.4) is 0 Å². The Morgan fingerprint density at radius 3 is 2.95 bits per heavy atom. The normalized spacial score (nSPS) is 11.1. The molecule has 0 fully saturated rings. The molecule has 2 heterocycles. The fraction of sp³-hybridized carbons (Fsp3) is 0.0833. The van der Waals surface area contributed by atoms with Crippen LogP contribution in [0.5, 0.6) is 5.88 Å². The maximum atomic E-state index is 12.4. The van der Waals surface area contributed by atoms with E-state index in [1.165, 1.54) is 21.1 Å². The average molecular weight is 327 g/mol. The van der Waals surface area contributed by atoms with Crippen molar-refractivity contribution in [2.75, 3.05) is 0 Å². The smallest absolute Gasteiger partial charge is 0.351 e. The minimum absolute atomic E-state index is 0.00296. The average Bonchev–Trinajstić information content (AvgIpc) is 2.91. The number of hydrogen-bond acceptors (Lipinski definition) is 5. The molecule has 0 aliphatic heterocycles. The van der Waals surface area contributed by atoms with Crippen LogP contribution in [0.25, 0.3) is 10.9 Å². The topological polar surface area (TPSA) is 72.9 Å². The molecule has 0 saturated heterocycles. The summed E-state index contributed by atoms with van der Waals surface area (Å²) in [6.07, 6.45) is 2.76. The summed E-state index contributed by atoms with van der Waals surface area (Å²) in [5, 5.41) is 10.6. The Kier molecular flexibility index (Phi) is 3.56. The van der Waals surface area contributed by atoms with Crippen molar-refractivity contribution < 1.29 is 8.99 Å². The Hall–Kier alpha value is -2.06. The molecule has 0 amide bonds. The molecule has 0 unspecified atom stereocenters. The highest BCUT2D eigenvalue weighted by Gasteiger charge is 2.12. The van der Waals surface area contributed by atoms with Gasteiger partial charge in [0.1, 0.15) is 6.33 Å². The summed E-state index contributed by atoms with van der Waals surface area (Å²) in [4.78, 5) is 19.5. The minimum Gasteiger partial charge on any atom is -0.493 e. The zero-order chi connectivity index (χ0) is 15.0. The standard InChI is InChI=1S/C12H8ClFN4O2S/c13-7-1-2-9-10(3-7)18(12(20)16-11(9)19)5-8-4-17(21-14)6-15-8/h1-4,6H,5H2,(H,16,19,20). The van der Waals surface area contributed by atoms with Gasteiger partial charge in [0.05, 0.1) is 23.1 Å². The van der Waals surface area contributed by atoms with Gasteiger partial charge >= 0.3 is 5.69 Å². The van der Waals surface area contributed by atoms with E-state index in [4.69, 9.17) is 11.6 Å². The summed E-state index contributed by atoms with van der Waals surface area (Å²) in [5.74, 6) is -0.354. The van der Waals surface area contributed by atoms with Crippen LogP contribution in [0.4, 0.5) is 3.89 Å². The zero-order valence-electron chi connectivity index (χ0n) is 10.4. The molecule has 0 aliphatic carbocycles. The molecule has 0 atom stereocenters. The van der Waals surface area contributed by atoms with E-state index in [-0.39, 0.29) is 24.8 Å². The first-order valence-electron chi connectivity index (χ1n) is 5.79. The van der Waals surface area contributed by atoms with Gasteiger partial charge in [-0.15, -0.1) is 3.89 Å². The number of halogens is 2. The predicted molar refractivity (Wildman–Crippen MR) is 78.1 cm³/mol. The molecule has 0 aliphatic rings. The van der Waals surface area contributed by atoms with E-state index < -0.39 is 5.69 Å². The summed E-state index contributed by atoms with van der Waals surface area (Å²) >= 11 is 5.94.